The average molecular weight is 669 g/mol. The van der Waals surface area contributed by atoms with Crippen LogP contribution in [0.5, 0.6) is 0 Å². The van der Waals surface area contributed by atoms with E-state index in [1.807, 2.05) is 0 Å². The first-order valence-electron chi connectivity index (χ1n) is 18.5. The Morgan fingerprint density at radius 3 is 0.800 bits per heavy atom. The van der Waals surface area contributed by atoms with Crippen molar-refractivity contribution in [2.45, 2.75) is 12.8 Å². The number of rotatable bonds is 0. The molecule has 4 aliphatic heterocycles. The molecule has 8 N–H and O–H groups in total. The van der Waals surface area contributed by atoms with Crippen molar-refractivity contribution in [2.24, 2.45) is 0 Å². The van der Waals surface area contributed by atoms with Gasteiger partial charge in [-0.05, 0) is 109 Å². The van der Waals surface area contributed by atoms with E-state index >= 15 is 0 Å². The second kappa shape index (κ2) is 17.4. The van der Waals surface area contributed by atoms with Gasteiger partial charge >= 0.3 is 0 Å². The Morgan fingerprint density at radius 2 is 0.540 bits per heavy atom. The minimum atomic E-state index is 0.886. The topological polar surface area (TPSA) is 96.2 Å². The van der Waals surface area contributed by atoms with Gasteiger partial charge in [-0.2, -0.15) is 0 Å². The Bertz CT molecular complexity index is 1720. The molecular formula is C42H52N8. The van der Waals surface area contributed by atoms with E-state index < -0.39 is 0 Å². The number of benzene rings is 6. The minimum absolute atomic E-state index is 0.886. The van der Waals surface area contributed by atoms with Crippen LogP contribution in [0.1, 0.15) is 12.8 Å². The maximum Gasteiger partial charge on any atom is 0.0420 e. The standard InChI is InChI=1S/C42H52N8/c1-7-31-27-36-32-8-2-12-40(36)48-24-20-44-17-6-18-46-22-26-50-42-14-4-10-34-29-37-33(30-38(34)42)9-3-13-41(37)49-25-21-45-16-5-15-43-19-23-47-39(11-1)35(31)28-32/h1-4,7-14,27-30,43-50H,5-6,15-26H2. The van der Waals surface area contributed by atoms with Crippen LogP contribution >= 0.6 is 0 Å². The van der Waals surface area contributed by atoms with Gasteiger partial charge in [0, 0.05) is 96.7 Å². The Balaban J connectivity index is 0.982. The van der Waals surface area contributed by atoms with Crippen molar-refractivity contribution in [2.75, 3.05) is 99.8 Å². The van der Waals surface area contributed by atoms with Gasteiger partial charge in [0.2, 0.25) is 0 Å². The van der Waals surface area contributed by atoms with Crippen LogP contribution in [0.4, 0.5) is 22.7 Å². The van der Waals surface area contributed by atoms with Crippen LogP contribution in [0, 0.1) is 0 Å². The van der Waals surface area contributed by atoms with Gasteiger partial charge in [-0.1, -0.05) is 48.5 Å². The highest BCUT2D eigenvalue weighted by Gasteiger charge is 2.08. The fourth-order valence-corrected chi connectivity index (χ4v) is 7.04. The lowest BCUT2D eigenvalue weighted by Crippen LogP contribution is -2.28. The molecule has 0 aliphatic carbocycles. The monoisotopic (exact) mass is 668 g/mol. The van der Waals surface area contributed by atoms with Crippen molar-refractivity contribution in [1.82, 2.24) is 21.3 Å². The zero-order chi connectivity index (χ0) is 33.8. The number of anilines is 4. The molecule has 8 nitrogen and oxygen atoms in total. The molecule has 4 aliphatic rings. The molecule has 0 radical (unpaired) electrons. The van der Waals surface area contributed by atoms with E-state index in [0.717, 1.165) is 91.4 Å². The van der Waals surface area contributed by atoms with Gasteiger partial charge in [-0.15, -0.1) is 0 Å². The Hall–Kier alpha value is -4.60. The lowest BCUT2D eigenvalue weighted by Gasteiger charge is -2.15. The number of nitrogens with one attached hydrogen (secondary N) is 8. The Labute approximate surface area is 296 Å². The predicted octanol–water partition coefficient (Wildman–Crippen LogP) is 6.80. The summed E-state index contributed by atoms with van der Waals surface area (Å²) in [6.45, 7) is 11.2. The first kappa shape index (κ1) is 33.9. The Kier molecular flexibility index (Phi) is 11.8. The van der Waals surface area contributed by atoms with Crippen LogP contribution in [0.25, 0.3) is 43.1 Å². The maximum absolute atomic E-state index is 3.68. The Morgan fingerprint density at radius 1 is 0.280 bits per heavy atom. The van der Waals surface area contributed by atoms with E-state index in [0.29, 0.717) is 0 Å². The molecule has 0 fully saturated rings. The molecular weight excluding hydrogens is 617 g/mol. The van der Waals surface area contributed by atoms with Crippen molar-refractivity contribution in [3.63, 3.8) is 0 Å². The molecule has 0 spiro atoms. The van der Waals surface area contributed by atoms with Crippen molar-refractivity contribution in [1.29, 1.82) is 0 Å². The van der Waals surface area contributed by atoms with E-state index in [-0.39, 0.29) is 0 Å². The highest BCUT2D eigenvalue weighted by atomic mass is 15.0. The van der Waals surface area contributed by atoms with E-state index in [1.165, 1.54) is 65.8 Å². The fraction of sp³-hybridized carbons (Fsp3) is 0.333. The van der Waals surface area contributed by atoms with Crippen molar-refractivity contribution in [3.8, 4) is 0 Å². The summed E-state index contributed by atoms with van der Waals surface area (Å²) in [5, 5.41) is 39.2. The molecule has 0 saturated carbocycles. The van der Waals surface area contributed by atoms with Gasteiger partial charge < -0.3 is 42.5 Å². The zero-order valence-corrected chi connectivity index (χ0v) is 29.1. The highest BCUT2D eigenvalue weighted by molar-refractivity contribution is 6.08. The first-order chi connectivity index (χ1) is 24.8. The molecule has 6 aromatic carbocycles. The zero-order valence-electron chi connectivity index (χ0n) is 29.1. The molecule has 0 unspecified atom stereocenters. The van der Waals surface area contributed by atoms with E-state index in [2.05, 4.69) is 140 Å². The molecule has 4 heterocycles. The molecule has 8 heteroatoms. The first-order valence-corrected chi connectivity index (χ1v) is 18.5. The summed E-state index contributed by atoms with van der Waals surface area (Å²) in [5.74, 6) is 0. The largest absolute Gasteiger partial charge is 0.383 e. The molecule has 0 aromatic heterocycles. The summed E-state index contributed by atoms with van der Waals surface area (Å²) >= 11 is 0. The summed E-state index contributed by atoms with van der Waals surface area (Å²) in [4.78, 5) is 0. The van der Waals surface area contributed by atoms with Crippen LogP contribution in [-0.4, -0.2) is 78.5 Å². The normalized spacial score (nSPS) is 16.8. The summed E-state index contributed by atoms with van der Waals surface area (Å²) in [6, 6.07) is 35.6. The van der Waals surface area contributed by atoms with Crippen LogP contribution in [-0.2, 0) is 0 Å². The molecule has 6 aromatic rings. The SMILES string of the molecule is c1cc2c3cc4cccc(c4cc3c1)NCCNCCCNCCNc1cccc3cc4c(cccc4cc13)NCCNCCCNCCN2. The number of hydrogen-bond acceptors (Lipinski definition) is 8. The van der Waals surface area contributed by atoms with Gasteiger partial charge in [0.15, 0.2) is 0 Å². The van der Waals surface area contributed by atoms with Gasteiger partial charge in [-0.3, -0.25) is 0 Å². The molecule has 10 rings (SSSR count). The van der Waals surface area contributed by atoms with E-state index in [9.17, 15) is 0 Å². The van der Waals surface area contributed by atoms with Crippen LogP contribution in [0.15, 0.2) is 97.1 Å². The van der Waals surface area contributed by atoms with Gasteiger partial charge in [0.05, 0.1) is 0 Å². The second-order valence-electron chi connectivity index (χ2n) is 13.2. The van der Waals surface area contributed by atoms with Gasteiger partial charge in [0.25, 0.3) is 0 Å². The second-order valence-corrected chi connectivity index (χ2v) is 13.2. The minimum Gasteiger partial charge on any atom is -0.383 e. The molecule has 0 saturated heterocycles. The molecule has 0 atom stereocenters. The highest BCUT2D eigenvalue weighted by Crippen LogP contribution is 2.33. The van der Waals surface area contributed by atoms with Crippen molar-refractivity contribution in [3.05, 3.63) is 97.1 Å². The molecule has 12 bridgehead atoms. The van der Waals surface area contributed by atoms with Gasteiger partial charge in [-0.25, -0.2) is 0 Å². The average Bonchev–Trinajstić information content (AvgIpc) is 3.14. The summed E-state index contributed by atoms with van der Waals surface area (Å²) < 4.78 is 0. The predicted molar refractivity (Wildman–Crippen MR) is 218 cm³/mol. The summed E-state index contributed by atoms with van der Waals surface area (Å²) in [6.07, 6.45) is 2.19. The third-order valence-corrected chi connectivity index (χ3v) is 9.64. The molecule has 260 valence electrons. The van der Waals surface area contributed by atoms with Crippen molar-refractivity contribution >= 4 is 65.8 Å². The van der Waals surface area contributed by atoms with E-state index in [4.69, 9.17) is 0 Å². The fourth-order valence-electron chi connectivity index (χ4n) is 7.04. The maximum atomic E-state index is 3.68. The van der Waals surface area contributed by atoms with E-state index in [1.54, 1.807) is 0 Å². The third kappa shape index (κ3) is 8.57. The quantitative estimate of drug-likeness (QED) is 0.0839. The lowest BCUT2D eigenvalue weighted by molar-refractivity contribution is 0.608. The molecule has 50 heavy (non-hydrogen) atoms. The third-order valence-electron chi connectivity index (χ3n) is 9.64. The summed E-state index contributed by atoms with van der Waals surface area (Å²) in [7, 11) is 0. The van der Waals surface area contributed by atoms with Gasteiger partial charge in [0.1, 0.15) is 0 Å². The van der Waals surface area contributed by atoms with Crippen molar-refractivity contribution < 1.29 is 0 Å². The number of hydrogen-bond donors (Lipinski definition) is 8. The summed E-state index contributed by atoms with van der Waals surface area (Å²) in [5.41, 5.74) is 4.76. The van der Waals surface area contributed by atoms with Crippen LogP contribution < -0.4 is 42.5 Å². The van der Waals surface area contributed by atoms with Crippen LogP contribution in [0.2, 0.25) is 0 Å². The molecule has 0 amide bonds. The smallest absolute Gasteiger partial charge is 0.0420 e. The lowest BCUT2D eigenvalue weighted by atomic mass is 10.0. The van der Waals surface area contributed by atoms with Crippen LogP contribution in [0.3, 0.4) is 0 Å².